The van der Waals surface area contributed by atoms with E-state index in [4.69, 9.17) is 11.6 Å². The van der Waals surface area contributed by atoms with Gasteiger partial charge in [0, 0.05) is 49.6 Å². The highest BCUT2D eigenvalue weighted by atomic mass is 35.5. The Morgan fingerprint density at radius 2 is 1.62 bits per heavy atom. The van der Waals surface area contributed by atoms with Gasteiger partial charge in [-0.15, -0.1) is 0 Å². The van der Waals surface area contributed by atoms with Gasteiger partial charge in [0.1, 0.15) is 5.69 Å². The molecule has 1 aromatic heterocycles. The van der Waals surface area contributed by atoms with Crippen molar-refractivity contribution < 1.29 is 22.9 Å². The number of nitro groups is 1. The first-order valence-corrected chi connectivity index (χ1v) is 12.3. The number of para-hydroxylation sites is 1. The fourth-order valence-electron chi connectivity index (χ4n) is 4.44. The molecular weight excluding hydrogens is 535 g/mol. The average Bonchev–Trinajstić information content (AvgIpc) is 3.38. The molecule has 200 valence electrons. The first-order chi connectivity index (χ1) is 18.6. The van der Waals surface area contributed by atoms with Crippen LogP contribution >= 0.6 is 11.6 Å². The van der Waals surface area contributed by atoms with E-state index in [-0.39, 0.29) is 30.4 Å². The maximum atomic E-state index is 13.7. The summed E-state index contributed by atoms with van der Waals surface area (Å²) < 4.78 is 40.9. The van der Waals surface area contributed by atoms with E-state index < -0.39 is 16.7 Å². The molecule has 0 bridgehead atoms. The van der Waals surface area contributed by atoms with Gasteiger partial charge in [-0.3, -0.25) is 14.9 Å². The maximum absolute atomic E-state index is 13.7. The second-order valence-corrected chi connectivity index (χ2v) is 9.32. The lowest BCUT2D eigenvalue weighted by atomic mass is 10.1. The summed E-state index contributed by atoms with van der Waals surface area (Å²) in [5.74, 6) is -0.320. The molecule has 3 aromatic carbocycles. The Hall–Kier alpha value is -4.38. The number of nitro benzene ring substituents is 1. The molecule has 1 amide bonds. The van der Waals surface area contributed by atoms with Crippen molar-refractivity contribution in [2.24, 2.45) is 0 Å². The number of carbonyl (C=O) groups is 1. The third kappa shape index (κ3) is 5.44. The molecule has 39 heavy (non-hydrogen) atoms. The fourth-order valence-corrected chi connectivity index (χ4v) is 4.66. The molecule has 1 saturated heterocycles. The predicted octanol–water partition coefficient (Wildman–Crippen LogP) is 6.08. The lowest BCUT2D eigenvalue weighted by Gasteiger charge is -2.36. The number of amides is 1. The molecule has 2 heterocycles. The molecule has 1 fully saturated rings. The Labute approximate surface area is 226 Å². The van der Waals surface area contributed by atoms with Crippen LogP contribution in [0.3, 0.4) is 0 Å². The van der Waals surface area contributed by atoms with E-state index in [1.807, 2.05) is 4.90 Å². The number of hydrogen-bond donors (Lipinski definition) is 0. The first-order valence-electron chi connectivity index (χ1n) is 11.9. The number of rotatable bonds is 5. The van der Waals surface area contributed by atoms with Gasteiger partial charge in [-0.25, -0.2) is 4.68 Å². The van der Waals surface area contributed by atoms with Gasteiger partial charge in [0.25, 0.3) is 11.6 Å². The smallest absolute Gasteiger partial charge is 0.368 e. The summed E-state index contributed by atoms with van der Waals surface area (Å²) in [5, 5.41) is 16.0. The minimum atomic E-state index is -4.44. The number of hydrogen-bond acceptors (Lipinski definition) is 5. The number of carbonyl (C=O) groups excluding carboxylic acids is 1. The number of benzene rings is 3. The minimum Gasteiger partial charge on any atom is -0.368 e. The number of piperazine rings is 1. The molecule has 0 N–H and O–H groups in total. The van der Waals surface area contributed by atoms with Crippen LogP contribution in [0.15, 0.2) is 78.9 Å². The van der Waals surface area contributed by atoms with E-state index in [2.05, 4.69) is 5.10 Å². The van der Waals surface area contributed by atoms with Crippen LogP contribution in [-0.4, -0.2) is 51.7 Å². The largest absolute Gasteiger partial charge is 0.416 e. The number of nitrogens with zero attached hydrogens (tertiary/aromatic N) is 5. The molecule has 0 saturated carbocycles. The molecule has 1 aliphatic rings. The lowest BCUT2D eigenvalue weighted by Crippen LogP contribution is -2.49. The second-order valence-electron chi connectivity index (χ2n) is 8.91. The van der Waals surface area contributed by atoms with Gasteiger partial charge >= 0.3 is 6.18 Å². The maximum Gasteiger partial charge on any atom is 0.416 e. The Morgan fingerprint density at radius 1 is 0.923 bits per heavy atom. The molecule has 1 aliphatic heterocycles. The zero-order valence-electron chi connectivity index (χ0n) is 20.3. The molecule has 8 nitrogen and oxygen atoms in total. The molecule has 0 atom stereocenters. The summed E-state index contributed by atoms with van der Waals surface area (Å²) in [7, 11) is 0. The molecule has 0 radical (unpaired) electrons. The van der Waals surface area contributed by atoms with E-state index >= 15 is 0 Å². The van der Waals surface area contributed by atoms with E-state index in [1.54, 1.807) is 53.4 Å². The summed E-state index contributed by atoms with van der Waals surface area (Å²) in [6.07, 6.45) is -4.44. The SMILES string of the molecule is O=C(c1cc(-c2ccc([N+](=O)[O-])cc2)nn1-c1ccccc1Cl)N1CCN(c2cccc(C(F)(F)F)c2)CC1. The molecule has 0 aliphatic carbocycles. The van der Waals surface area contributed by atoms with Gasteiger partial charge in [0.2, 0.25) is 0 Å². The van der Waals surface area contributed by atoms with Crippen LogP contribution in [0.4, 0.5) is 24.5 Å². The normalized spacial score (nSPS) is 13.9. The summed E-state index contributed by atoms with van der Waals surface area (Å²) in [4.78, 5) is 27.7. The zero-order valence-corrected chi connectivity index (χ0v) is 21.1. The van der Waals surface area contributed by atoms with Crippen LogP contribution < -0.4 is 4.90 Å². The third-order valence-corrected chi connectivity index (χ3v) is 6.81. The summed E-state index contributed by atoms with van der Waals surface area (Å²) in [6.45, 7) is 1.27. The van der Waals surface area contributed by atoms with Crippen LogP contribution in [0.2, 0.25) is 5.02 Å². The monoisotopic (exact) mass is 555 g/mol. The van der Waals surface area contributed by atoms with E-state index in [0.29, 0.717) is 40.7 Å². The van der Waals surface area contributed by atoms with Crippen molar-refractivity contribution in [3.05, 3.63) is 105 Å². The summed E-state index contributed by atoms with van der Waals surface area (Å²) in [5.41, 5.74) is 1.38. The quantitative estimate of drug-likeness (QED) is 0.220. The standard InChI is InChI=1S/C27H21ClF3N5O3/c28-22-6-1-2-7-24(22)35-25(17-23(32-35)18-8-10-20(11-9-18)36(38)39)26(37)34-14-12-33(13-15-34)21-5-3-4-19(16-21)27(29,30)31/h1-11,16-17H,12-15H2. The van der Waals surface area contributed by atoms with Crippen molar-refractivity contribution >= 4 is 28.9 Å². The number of anilines is 1. The highest BCUT2D eigenvalue weighted by Crippen LogP contribution is 2.32. The number of halogens is 4. The van der Waals surface area contributed by atoms with Gasteiger partial charge in [-0.05, 0) is 48.5 Å². The van der Waals surface area contributed by atoms with Gasteiger partial charge in [-0.2, -0.15) is 18.3 Å². The Morgan fingerprint density at radius 3 is 2.26 bits per heavy atom. The minimum absolute atomic E-state index is 0.0702. The van der Waals surface area contributed by atoms with Crippen LogP contribution in [0.1, 0.15) is 16.1 Å². The second kappa shape index (κ2) is 10.4. The van der Waals surface area contributed by atoms with Crippen LogP contribution in [0.25, 0.3) is 16.9 Å². The fraction of sp³-hybridized carbons (Fsp3) is 0.185. The Kier molecular flexibility index (Phi) is 7.00. The van der Waals surface area contributed by atoms with Gasteiger partial charge in [0.15, 0.2) is 0 Å². The lowest BCUT2D eigenvalue weighted by molar-refractivity contribution is -0.384. The van der Waals surface area contributed by atoms with Crippen molar-refractivity contribution in [1.82, 2.24) is 14.7 Å². The number of alkyl halides is 3. The highest BCUT2D eigenvalue weighted by Gasteiger charge is 2.32. The average molecular weight is 556 g/mol. The van der Waals surface area contributed by atoms with Crippen LogP contribution in [0, 0.1) is 10.1 Å². The van der Waals surface area contributed by atoms with Crippen molar-refractivity contribution in [1.29, 1.82) is 0 Å². The van der Waals surface area contributed by atoms with E-state index in [0.717, 1.165) is 12.1 Å². The summed E-state index contributed by atoms with van der Waals surface area (Å²) in [6, 6.07) is 19.5. The van der Waals surface area contributed by atoms with Gasteiger partial charge in [-0.1, -0.05) is 29.8 Å². The van der Waals surface area contributed by atoms with Crippen molar-refractivity contribution in [2.45, 2.75) is 6.18 Å². The molecule has 0 spiro atoms. The van der Waals surface area contributed by atoms with Crippen molar-refractivity contribution in [3.63, 3.8) is 0 Å². The van der Waals surface area contributed by atoms with Crippen LogP contribution in [-0.2, 0) is 6.18 Å². The molecule has 5 rings (SSSR count). The van der Waals surface area contributed by atoms with Gasteiger partial charge in [0.05, 0.1) is 26.9 Å². The predicted molar refractivity (Wildman–Crippen MR) is 140 cm³/mol. The topological polar surface area (TPSA) is 84.5 Å². The third-order valence-electron chi connectivity index (χ3n) is 6.49. The van der Waals surface area contributed by atoms with E-state index in [1.165, 1.54) is 22.9 Å². The van der Waals surface area contributed by atoms with Gasteiger partial charge < -0.3 is 9.80 Å². The molecule has 12 heteroatoms. The molecular formula is C27H21ClF3N5O3. The summed E-state index contributed by atoms with van der Waals surface area (Å²) >= 11 is 6.42. The molecule has 4 aromatic rings. The number of aromatic nitrogens is 2. The van der Waals surface area contributed by atoms with Crippen LogP contribution in [0.5, 0.6) is 0 Å². The highest BCUT2D eigenvalue weighted by molar-refractivity contribution is 6.32. The number of non-ortho nitro benzene ring substituents is 1. The zero-order chi connectivity index (χ0) is 27.7. The Bertz CT molecular complexity index is 1530. The van der Waals surface area contributed by atoms with Crippen molar-refractivity contribution in [2.75, 3.05) is 31.1 Å². The van der Waals surface area contributed by atoms with Crippen molar-refractivity contribution in [3.8, 4) is 16.9 Å². The van der Waals surface area contributed by atoms with E-state index in [9.17, 15) is 28.1 Å². The molecule has 0 unspecified atom stereocenters. The first kappa shape index (κ1) is 26.2. The Balaban J connectivity index is 1.42.